The predicted octanol–water partition coefficient (Wildman–Crippen LogP) is 4.33. The van der Waals surface area contributed by atoms with E-state index in [0.717, 1.165) is 11.4 Å². The maximum Gasteiger partial charge on any atom is 0.193 e. The van der Waals surface area contributed by atoms with Gasteiger partial charge in [-0.1, -0.05) is 43.7 Å². The maximum absolute atomic E-state index is 5.99. The van der Waals surface area contributed by atoms with Gasteiger partial charge >= 0.3 is 0 Å². The largest absolute Gasteiger partial charge is 0.497 e. The molecule has 4 nitrogen and oxygen atoms in total. The number of guanidine groups is 1. The first-order valence-corrected chi connectivity index (χ1v) is 7.69. The van der Waals surface area contributed by atoms with Gasteiger partial charge < -0.3 is 15.8 Å². The molecule has 3 N–H and O–H groups in total. The van der Waals surface area contributed by atoms with Gasteiger partial charge in [0.1, 0.15) is 5.75 Å². The molecule has 0 radical (unpaired) electrons. The second kappa shape index (κ2) is 8.92. The Hall–Kier alpha value is -1.76. The molecule has 0 aliphatic heterocycles. The van der Waals surface area contributed by atoms with Gasteiger partial charge in [-0.05, 0) is 36.8 Å². The Morgan fingerprint density at radius 2 is 1.67 bits per heavy atom. The van der Waals surface area contributed by atoms with Crippen LogP contribution < -0.4 is 15.8 Å². The second-order valence-electron chi connectivity index (χ2n) is 6.30. The van der Waals surface area contributed by atoms with Crippen molar-refractivity contribution >= 4 is 35.6 Å². The highest BCUT2D eigenvalue weighted by atomic mass is 127. The summed E-state index contributed by atoms with van der Waals surface area (Å²) in [5, 5.41) is 3.10. The standard InChI is InChI=1S/C19H25N3O.HI/c1-14-5-7-15(8-6-14)19(2,3)13-21-18(20)22-16-9-11-17(23-4)12-10-16;/h5-12H,13H2,1-4H3,(H3,20,21,22);1H. The molecule has 0 aromatic heterocycles. The zero-order valence-electron chi connectivity index (χ0n) is 14.7. The summed E-state index contributed by atoms with van der Waals surface area (Å²) in [6.45, 7) is 7.04. The average molecular weight is 439 g/mol. The molecule has 130 valence electrons. The molecule has 24 heavy (non-hydrogen) atoms. The van der Waals surface area contributed by atoms with Crippen molar-refractivity contribution in [1.29, 1.82) is 0 Å². The number of benzene rings is 2. The van der Waals surface area contributed by atoms with Gasteiger partial charge in [-0.15, -0.1) is 24.0 Å². The fourth-order valence-electron chi connectivity index (χ4n) is 2.24. The van der Waals surface area contributed by atoms with E-state index in [0.29, 0.717) is 12.5 Å². The summed E-state index contributed by atoms with van der Waals surface area (Å²) >= 11 is 0. The first-order valence-electron chi connectivity index (χ1n) is 7.69. The summed E-state index contributed by atoms with van der Waals surface area (Å²) in [4.78, 5) is 4.48. The topological polar surface area (TPSA) is 59.6 Å². The number of aryl methyl sites for hydroxylation is 1. The molecule has 0 unspecified atom stereocenters. The number of nitrogens with two attached hydrogens (primary N) is 1. The van der Waals surface area contributed by atoms with Crippen LogP contribution in [0, 0.1) is 6.92 Å². The van der Waals surface area contributed by atoms with E-state index in [1.807, 2.05) is 24.3 Å². The maximum atomic E-state index is 5.99. The molecule has 0 atom stereocenters. The molecule has 2 rings (SSSR count). The number of methoxy groups -OCH3 is 1. The van der Waals surface area contributed by atoms with Crippen molar-refractivity contribution in [3.05, 3.63) is 59.7 Å². The van der Waals surface area contributed by atoms with Crippen LogP contribution in [0.4, 0.5) is 5.69 Å². The molecular weight excluding hydrogens is 413 g/mol. The van der Waals surface area contributed by atoms with Gasteiger partial charge in [-0.25, -0.2) is 0 Å². The smallest absolute Gasteiger partial charge is 0.193 e. The Bertz CT molecular complexity index is 664. The van der Waals surface area contributed by atoms with Crippen LogP contribution in [0.25, 0.3) is 0 Å². The van der Waals surface area contributed by atoms with E-state index in [-0.39, 0.29) is 29.4 Å². The fourth-order valence-corrected chi connectivity index (χ4v) is 2.24. The van der Waals surface area contributed by atoms with Crippen LogP contribution in [-0.4, -0.2) is 19.6 Å². The summed E-state index contributed by atoms with van der Waals surface area (Å²) in [6, 6.07) is 16.1. The minimum Gasteiger partial charge on any atom is -0.497 e. The van der Waals surface area contributed by atoms with Crippen molar-refractivity contribution in [2.24, 2.45) is 10.7 Å². The minimum absolute atomic E-state index is 0. The quantitative estimate of drug-likeness (QED) is 0.414. The van der Waals surface area contributed by atoms with E-state index < -0.39 is 0 Å². The minimum atomic E-state index is -0.0695. The molecule has 5 heteroatoms. The number of hydrogen-bond acceptors (Lipinski definition) is 2. The van der Waals surface area contributed by atoms with Crippen LogP contribution in [0.5, 0.6) is 5.75 Å². The van der Waals surface area contributed by atoms with Gasteiger partial charge in [0, 0.05) is 11.1 Å². The van der Waals surface area contributed by atoms with Gasteiger partial charge in [0.05, 0.1) is 13.7 Å². The predicted molar refractivity (Wildman–Crippen MR) is 113 cm³/mol. The Balaban J connectivity index is 0.00000288. The summed E-state index contributed by atoms with van der Waals surface area (Å²) in [5.74, 6) is 1.22. The van der Waals surface area contributed by atoms with Crippen LogP contribution in [-0.2, 0) is 5.41 Å². The van der Waals surface area contributed by atoms with Crippen molar-refractivity contribution in [3.8, 4) is 5.75 Å². The Labute approximate surface area is 161 Å². The molecule has 0 spiro atoms. The molecular formula is C19H26IN3O. The number of aliphatic imine (C=N–C) groups is 1. The van der Waals surface area contributed by atoms with Crippen LogP contribution in [0.2, 0.25) is 0 Å². The average Bonchev–Trinajstić information content (AvgIpc) is 2.54. The zero-order valence-corrected chi connectivity index (χ0v) is 17.0. The highest BCUT2D eigenvalue weighted by Crippen LogP contribution is 2.24. The third-order valence-corrected chi connectivity index (χ3v) is 3.84. The van der Waals surface area contributed by atoms with E-state index in [4.69, 9.17) is 10.5 Å². The van der Waals surface area contributed by atoms with E-state index in [1.165, 1.54) is 11.1 Å². The monoisotopic (exact) mass is 439 g/mol. The lowest BCUT2D eigenvalue weighted by Gasteiger charge is -2.23. The van der Waals surface area contributed by atoms with Gasteiger partial charge in [0.2, 0.25) is 0 Å². The van der Waals surface area contributed by atoms with E-state index in [9.17, 15) is 0 Å². The first-order chi connectivity index (χ1) is 10.9. The second-order valence-corrected chi connectivity index (χ2v) is 6.30. The molecule has 0 saturated carbocycles. The number of nitrogens with zero attached hydrogens (tertiary/aromatic N) is 1. The number of halogens is 1. The van der Waals surface area contributed by atoms with Crippen LogP contribution in [0.1, 0.15) is 25.0 Å². The Morgan fingerprint density at radius 3 is 2.21 bits per heavy atom. The number of hydrogen-bond donors (Lipinski definition) is 2. The lowest BCUT2D eigenvalue weighted by molar-refractivity contribution is 0.415. The molecule has 0 fully saturated rings. The zero-order chi connectivity index (χ0) is 16.9. The van der Waals surface area contributed by atoms with Gasteiger partial charge in [-0.3, -0.25) is 4.99 Å². The van der Waals surface area contributed by atoms with E-state index >= 15 is 0 Å². The Morgan fingerprint density at radius 1 is 1.08 bits per heavy atom. The number of rotatable bonds is 5. The molecule has 2 aromatic rings. The molecule has 0 heterocycles. The van der Waals surface area contributed by atoms with E-state index in [1.54, 1.807) is 7.11 Å². The SMILES string of the molecule is COc1ccc(NC(N)=NCC(C)(C)c2ccc(C)cc2)cc1.I. The summed E-state index contributed by atoms with van der Waals surface area (Å²) in [6.07, 6.45) is 0. The van der Waals surface area contributed by atoms with Crippen LogP contribution in [0.15, 0.2) is 53.5 Å². The molecule has 0 aliphatic rings. The summed E-state index contributed by atoms with van der Waals surface area (Å²) in [5.41, 5.74) is 9.32. The summed E-state index contributed by atoms with van der Waals surface area (Å²) in [7, 11) is 1.64. The number of nitrogens with one attached hydrogen (secondary N) is 1. The third kappa shape index (κ3) is 5.70. The van der Waals surface area contributed by atoms with Crippen molar-refractivity contribution in [2.75, 3.05) is 19.0 Å². The van der Waals surface area contributed by atoms with Crippen molar-refractivity contribution in [2.45, 2.75) is 26.2 Å². The van der Waals surface area contributed by atoms with Crippen molar-refractivity contribution in [1.82, 2.24) is 0 Å². The third-order valence-electron chi connectivity index (χ3n) is 3.84. The van der Waals surface area contributed by atoms with E-state index in [2.05, 4.69) is 55.3 Å². The van der Waals surface area contributed by atoms with Gasteiger partial charge in [0.25, 0.3) is 0 Å². The highest BCUT2D eigenvalue weighted by molar-refractivity contribution is 14.0. The van der Waals surface area contributed by atoms with Gasteiger partial charge in [0.15, 0.2) is 5.96 Å². The molecule has 0 aliphatic carbocycles. The molecule has 0 saturated heterocycles. The van der Waals surface area contributed by atoms with Crippen molar-refractivity contribution < 1.29 is 4.74 Å². The fraction of sp³-hybridized carbons (Fsp3) is 0.316. The Kier molecular flexibility index (Phi) is 7.54. The highest BCUT2D eigenvalue weighted by Gasteiger charge is 2.20. The van der Waals surface area contributed by atoms with Crippen LogP contribution >= 0.6 is 24.0 Å². The lowest BCUT2D eigenvalue weighted by atomic mass is 9.84. The molecule has 2 aromatic carbocycles. The summed E-state index contributed by atoms with van der Waals surface area (Å²) < 4.78 is 5.13. The number of ether oxygens (including phenoxy) is 1. The molecule has 0 bridgehead atoms. The lowest BCUT2D eigenvalue weighted by Crippen LogP contribution is -2.27. The normalized spacial score (nSPS) is 11.6. The first kappa shape index (κ1) is 20.3. The van der Waals surface area contributed by atoms with Crippen molar-refractivity contribution in [3.63, 3.8) is 0 Å². The number of anilines is 1. The molecule has 0 amide bonds. The van der Waals surface area contributed by atoms with Gasteiger partial charge in [-0.2, -0.15) is 0 Å². The van der Waals surface area contributed by atoms with Crippen LogP contribution in [0.3, 0.4) is 0 Å².